The molecule has 2 saturated heterocycles. The van der Waals surface area contributed by atoms with E-state index < -0.39 is 6.09 Å². The highest BCUT2D eigenvalue weighted by Crippen LogP contribution is 2.21. The second-order valence-electron chi connectivity index (χ2n) is 7.64. The molecule has 154 valence electrons. The number of carboxylic acid groups (broad SMARTS) is 1. The molecule has 1 amide bonds. The Balaban J connectivity index is 1.35. The van der Waals surface area contributed by atoms with Crippen LogP contribution in [0, 0.1) is 0 Å². The van der Waals surface area contributed by atoms with Crippen molar-refractivity contribution in [2.45, 2.75) is 19.6 Å². The molecule has 29 heavy (non-hydrogen) atoms. The summed E-state index contributed by atoms with van der Waals surface area (Å²) in [4.78, 5) is 26.0. The zero-order valence-electron chi connectivity index (χ0n) is 16.7. The summed E-state index contributed by atoms with van der Waals surface area (Å²) in [7, 11) is 0. The van der Waals surface area contributed by atoms with Crippen LogP contribution in [0.2, 0.25) is 0 Å². The minimum Gasteiger partial charge on any atom is -0.465 e. The molecule has 1 aromatic heterocycles. The molecule has 0 saturated carbocycles. The Kier molecular flexibility index (Phi) is 5.92. The van der Waals surface area contributed by atoms with E-state index in [4.69, 9.17) is 9.84 Å². The second-order valence-corrected chi connectivity index (χ2v) is 7.64. The smallest absolute Gasteiger partial charge is 0.407 e. The summed E-state index contributed by atoms with van der Waals surface area (Å²) in [6.07, 6.45) is 3.13. The molecule has 2 aliphatic heterocycles. The number of rotatable bonds is 4. The van der Waals surface area contributed by atoms with Crippen molar-refractivity contribution in [3.63, 3.8) is 0 Å². The summed E-state index contributed by atoms with van der Waals surface area (Å²) < 4.78 is 5.57. The van der Waals surface area contributed by atoms with Gasteiger partial charge in [0.2, 0.25) is 5.95 Å². The van der Waals surface area contributed by atoms with Crippen molar-refractivity contribution in [3.05, 3.63) is 42.2 Å². The van der Waals surface area contributed by atoms with E-state index in [-0.39, 0.29) is 6.10 Å². The van der Waals surface area contributed by atoms with Crippen LogP contribution in [0.5, 0.6) is 0 Å². The Morgan fingerprint density at radius 2 is 1.76 bits per heavy atom. The molecule has 2 aromatic rings. The highest BCUT2D eigenvalue weighted by Gasteiger charge is 2.20. The number of carbonyl (C=O) groups is 1. The highest BCUT2D eigenvalue weighted by molar-refractivity contribution is 5.65. The van der Waals surface area contributed by atoms with Crippen molar-refractivity contribution in [2.24, 2.45) is 0 Å². The van der Waals surface area contributed by atoms with Gasteiger partial charge in [0.1, 0.15) is 0 Å². The topological polar surface area (TPSA) is 82.0 Å². The minimum absolute atomic E-state index is 0.201. The van der Waals surface area contributed by atoms with E-state index in [1.165, 1.54) is 10.5 Å². The monoisotopic (exact) mass is 397 g/mol. The largest absolute Gasteiger partial charge is 0.465 e. The maximum atomic E-state index is 11.0. The lowest BCUT2D eigenvalue weighted by atomic mass is 10.1. The van der Waals surface area contributed by atoms with Crippen molar-refractivity contribution >= 4 is 12.0 Å². The first-order valence-electron chi connectivity index (χ1n) is 10.1. The normalized spacial score (nSPS) is 20.7. The van der Waals surface area contributed by atoms with Gasteiger partial charge in [-0.05, 0) is 18.1 Å². The summed E-state index contributed by atoms with van der Waals surface area (Å²) in [5, 5.41) is 9.04. The van der Waals surface area contributed by atoms with E-state index in [1.54, 1.807) is 0 Å². The van der Waals surface area contributed by atoms with Crippen molar-refractivity contribution in [2.75, 3.05) is 50.8 Å². The van der Waals surface area contributed by atoms with Crippen LogP contribution >= 0.6 is 0 Å². The zero-order chi connectivity index (χ0) is 20.2. The average Bonchev–Trinajstić information content (AvgIpc) is 2.75. The van der Waals surface area contributed by atoms with Gasteiger partial charge in [-0.25, -0.2) is 14.8 Å². The average molecular weight is 397 g/mol. The third-order valence-electron chi connectivity index (χ3n) is 5.50. The molecule has 0 radical (unpaired) electrons. The molecule has 4 rings (SSSR count). The fourth-order valence-corrected chi connectivity index (χ4v) is 3.79. The molecule has 8 nitrogen and oxygen atoms in total. The Hall–Kier alpha value is -2.71. The quantitative estimate of drug-likeness (QED) is 0.847. The molecule has 0 bridgehead atoms. The van der Waals surface area contributed by atoms with Crippen molar-refractivity contribution in [1.29, 1.82) is 0 Å². The Bertz CT molecular complexity index is 819. The molecule has 1 atom stereocenters. The van der Waals surface area contributed by atoms with Gasteiger partial charge in [0.15, 0.2) is 0 Å². The summed E-state index contributed by atoms with van der Waals surface area (Å²) in [5.41, 5.74) is 3.31. The fourth-order valence-electron chi connectivity index (χ4n) is 3.79. The molecule has 0 aliphatic carbocycles. The Labute approximate surface area is 170 Å². The number of amides is 1. The number of morpholine rings is 1. The van der Waals surface area contributed by atoms with Crippen LogP contribution in [0.25, 0.3) is 11.1 Å². The molecule has 3 heterocycles. The van der Waals surface area contributed by atoms with Crippen LogP contribution in [0.1, 0.15) is 12.5 Å². The maximum absolute atomic E-state index is 11.0. The number of aromatic nitrogens is 2. The molecule has 1 unspecified atom stereocenters. The van der Waals surface area contributed by atoms with E-state index in [2.05, 4.69) is 51.0 Å². The minimum atomic E-state index is -0.828. The van der Waals surface area contributed by atoms with E-state index in [0.717, 1.165) is 49.8 Å². The van der Waals surface area contributed by atoms with Crippen molar-refractivity contribution in [3.8, 4) is 11.1 Å². The first kappa shape index (κ1) is 19.6. The van der Waals surface area contributed by atoms with E-state index in [0.29, 0.717) is 19.7 Å². The molecule has 8 heteroatoms. The first-order valence-corrected chi connectivity index (χ1v) is 10.1. The third-order valence-corrected chi connectivity index (χ3v) is 5.50. The van der Waals surface area contributed by atoms with Gasteiger partial charge >= 0.3 is 6.09 Å². The van der Waals surface area contributed by atoms with Gasteiger partial charge in [-0.3, -0.25) is 4.90 Å². The van der Waals surface area contributed by atoms with Crippen LogP contribution in [0.3, 0.4) is 0 Å². The predicted molar refractivity (Wildman–Crippen MR) is 110 cm³/mol. The van der Waals surface area contributed by atoms with Crippen molar-refractivity contribution < 1.29 is 14.6 Å². The second kappa shape index (κ2) is 8.75. The van der Waals surface area contributed by atoms with Gasteiger partial charge in [0.05, 0.1) is 12.7 Å². The van der Waals surface area contributed by atoms with Gasteiger partial charge < -0.3 is 19.6 Å². The summed E-state index contributed by atoms with van der Waals surface area (Å²) in [6, 6.07) is 8.43. The van der Waals surface area contributed by atoms with E-state index >= 15 is 0 Å². The Morgan fingerprint density at radius 1 is 1.07 bits per heavy atom. The summed E-state index contributed by atoms with van der Waals surface area (Å²) in [5.74, 6) is 0.751. The molecular formula is C21H27N5O3. The Morgan fingerprint density at radius 3 is 2.38 bits per heavy atom. The van der Waals surface area contributed by atoms with Crippen molar-refractivity contribution in [1.82, 2.24) is 19.8 Å². The number of piperazine rings is 1. The summed E-state index contributed by atoms with van der Waals surface area (Å²) >= 11 is 0. The maximum Gasteiger partial charge on any atom is 0.407 e. The predicted octanol–water partition coefficient (Wildman–Crippen LogP) is 2.16. The lowest BCUT2D eigenvalue weighted by molar-refractivity contribution is 0.0526. The highest BCUT2D eigenvalue weighted by atomic mass is 16.5. The fraction of sp³-hybridized carbons (Fsp3) is 0.476. The number of benzene rings is 1. The van der Waals surface area contributed by atoms with Gasteiger partial charge in [0, 0.05) is 63.8 Å². The first-order chi connectivity index (χ1) is 14.1. The van der Waals surface area contributed by atoms with Gasteiger partial charge in [-0.15, -0.1) is 0 Å². The SMILES string of the molecule is CC1CN(c2ncc(-c3ccc(CN4CCN(C(=O)O)CC4)cc3)cn2)CCO1. The zero-order valence-corrected chi connectivity index (χ0v) is 16.7. The summed E-state index contributed by atoms with van der Waals surface area (Å²) in [6.45, 7) is 7.91. The number of anilines is 1. The van der Waals surface area contributed by atoms with Crippen LogP contribution < -0.4 is 4.90 Å². The van der Waals surface area contributed by atoms with Crippen LogP contribution in [-0.2, 0) is 11.3 Å². The van der Waals surface area contributed by atoms with Crippen LogP contribution in [-0.4, -0.2) is 82.9 Å². The number of nitrogens with zero attached hydrogens (tertiary/aromatic N) is 5. The number of hydrogen-bond acceptors (Lipinski definition) is 6. The molecular weight excluding hydrogens is 370 g/mol. The lowest BCUT2D eigenvalue weighted by Crippen LogP contribution is -2.47. The van der Waals surface area contributed by atoms with Crippen LogP contribution in [0.4, 0.5) is 10.7 Å². The standard InChI is InChI=1S/C21H27N5O3/c1-16-14-26(10-11-29-16)20-22-12-19(13-23-20)18-4-2-17(3-5-18)15-24-6-8-25(9-7-24)21(27)28/h2-5,12-13,16H,6-11,14-15H2,1H3,(H,27,28). The third kappa shape index (κ3) is 4.83. The van der Waals surface area contributed by atoms with Crippen LogP contribution in [0.15, 0.2) is 36.7 Å². The molecule has 2 aliphatic rings. The number of ether oxygens (including phenoxy) is 1. The van der Waals surface area contributed by atoms with E-state index in [9.17, 15) is 4.79 Å². The lowest BCUT2D eigenvalue weighted by Gasteiger charge is -2.33. The van der Waals surface area contributed by atoms with Gasteiger partial charge in [-0.2, -0.15) is 0 Å². The van der Waals surface area contributed by atoms with E-state index in [1.807, 2.05) is 12.4 Å². The molecule has 2 fully saturated rings. The molecule has 0 spiro atoms. The molecule has 1 N–H and O–H groups in total. The van der Waals surface area contributed by atoms with Gasteiger partial charge in [0.25, 0.3) is 0 Å². The molecule has 1 aromatic carbocycles. The van der Waals surface area contributed by atoms with Gasteiger partial charge in [-0.1, -0.05) is 24.3 Å². The number of hydrogen-bond donors (Lipinski definition) is 1.